The van der Waals surface area contributed by atoms with Gasteiger partial charge in [-0.3, -0.25) is 4.79 Å². The molecule has 1 fully saturated rings. The molecule has 4 heteroatoms. The molecule has 1 amide bonds. The van der Waals surface area contributed by atoms with Crippen LogP contribution in [-0.4, -0.2) is 42.2 Å². The second-order valence-corrected chi connectivity index (χ2v) is 6.25. The summed E-state index contributed by atoms with van der Waals surface area (Å²) in [4.78, 5) is 13.8. The minimum atomic E-state index is -0.173. The standard InChI is InChI=1S/C17H25NO3/c1-12(2)15-6-4-5-7-16(15)21-11-17(20)18(3)10-13-8-14(19)9-13/h4-7,12-14,19H,8-11H2,1-3H3. The van der Waals surface area contributed by atoms with Crippen LogP contribution >= 0.6 is 0 Å². The highest BCUT2D eigenvalue weighted by Crippen LogP contribution is 2.28. The van der Waals surface area contributed by atoms with E-state index in [-0.39, 0.29) is 18.6 Å². The molecule has 0 atom stereocenters. The second-order valence-electron chi connectivity index (χ2n) is 6.25. The van der Waals surface area contributed by atoms with Crippen molar-refractivity contribution in [2.45, 2.75) is 38.7 Å². The summed E-state index contributed by atoms with van der Waals surface area (Å²) in [7, 11) is 1.80. The van der Waals surface area contributed by atoms with Crippen LogP contribution < -0.4 is 4.74 Å². The average Bonchev–Trinajstić information content (AvgIpc) is 2.43. The van der Waals surface area contributed by atoms with Crippen LogP contribution in [-0.2, 0) is 4.79 Å². The van der Waals surface area contributed by atoms with E-state index in [0.29, 0.717) is 18.4 Å². The van der Waals surface area contributed by atoms with Gasteiger partial charge in [0, 0.05) is 13.6 Å². The van der Waals surface area contributed by atoms with Gasteiger partial charge in [0.25, 0.3) is 5.91 Å². The zero-order chi connectivity index (χ0) is 15.4. The molecule has 2 rings (SSSR count). The molecule has 1 aliphatic rings. The number of benzene rings is 1. The van der Waals surface area contributed by atoms with Crippen molar-refractivity contribution in [1.29, 1.82) is 0 Å². The predicted octanol–water partition coefficient (Wildman–Crippen LogP) is 2.42. The summed E-state index contributed by atoms with van der Waals surface area (Å²) in [6.07, 6.45) is 1.43. The molecule has 0 aromatic heterocycles. The first-order valence-corrected chi connectivity index (χ1v) is 7.61. The highest BCUT2D eigenvalue weighted by Gasteiger charge is 2.29. The summed E-state index contributed by atoms with van der Waals surface area (Å²) < 4.78 is 5.70. The lowest BCUT2D eigenvalue weighted by Gasteiger charge is -2.34. The average molecular weight is 291 g/mol. The van der Waals surface area contributed by atoms with Gasteiger partial charge in [0.05, 0.1) is 6.10 Å². The number of aliphatic hydroxyl groups excluding tert-OH is 1. The van der Waals surface area contributed by atoms with Crippen LogP contribution in [0.5, 0.6) is 5.75 Å². The van der Waals surface area contributed by atoms with Crippen molar-refractivity contribution in [3.05, 3.63) is 29.8 Å². The van der Waals surface area contributed by atoms with Gasteiger partial charge in [-0.2, -0.15) is 0 Å². The summed E-state index contributed by atoms with van der Waals surface area (Å²) in [6, 6.07) is 7.85. The lowest BCUT2D eigenvalue weighted by molar-refractivity contribution is -0.133. The zero-order valence-corrected chi connectivity index (χ0v) is 13.1. The third-order valence-electron chi connectivity index (χ3n) is 4.06. The first-order chi connectivity index (χ1) is 9.97. The van der Waals surface area contributed by atoms with E-state index in [1.54, 1.807) is 11.9 Å². The molecule has 1 aromatic rings. The molecule has 1 aromatic carbocycles. The fourth-order valence-corrected chi connectivity index (χ4v) is 2.68. The molecule has 0 unspecified atom stereocenters. The van der Waals surface area contributed by atoms with E-state index in [1.165, 1.54) is 0 Å². The van der Waals surface area contributed by atoms with Crippen molar-refractivity contribution in [3.63, 3.8) is 0 Å². The van der Waals surface area contributed by atoms with E-state index in [0.717, 1.165) is 24.2 Å². The van der Waals surface area contributed by atoms with Crippen LogP contribution in [0.4, 0.5) is 0 Å². The lowest BCUT2D eigenvalue weighted by atomic mass is 9.82. The van der Waals surface area contributed by atoms with Crippen molar-refractivity contribution < 1.29 is 14.6 Å². The van der Waals surface area contributed by atoms with Crippen molar-refractivity contribution >= 4 is 5.91 Å². The highest BCUT2D eigenvalue weighted by molar-refractivity contribution is 5.77. The Morgan fingerprint density at radius 1 is 1.38 bits per heavy atom. The third kappa shape index (κ3) is 4.21. The normalized spacial score (nSPS) is 21.0. The van der Waals surface area contributed by atoms with Gasteiger partial charge in [-0.15, -0.1) is 0 Å². The van der Waals surface area contributed by atoms with Gasteiger partial charge in [-0.1, -0.05) is 32.0 Å². The topological polar surface area (TPSA) is 49.8 Å². The summed E-state index contributed by atoms with van der Waals surface area (Å²) in [5.74, 6) is 1.56. The van der Waals surface area contributed by atoms with Crippen LogP contribution in [0.15, 0.2) is 24.3 Å². The third-order valence-corrected chi connectivity index (χ3v) is 4.06. The Hall–Kier alpha value is -1.55. The summed E-state index contributed by atoms with van der Waals surface area (Å²) in [5.41, 5.74) is 1.12. The zero-order valence-electron chi connectivity index (χ0n) is 13.1. The molecule has 116 valence electrons. The van der Waals surface area contributed by atoms with E-state index in [1.807, 2.05) is 24.3 Å². The first-order valence-electron chi connectivity index (χ1n) is 7.61. The number of aliphatic hydroxyl groups is 1. The Morgan fingerprint density at radius 2 is 2.05 bits per heavy atom. The van der Waals surface area contributed by atoms with Crippen LogP contribution in [0.1, 0.15) is 38.2 Å². The van der Waals surface area contributed by atoms with E-state index >= 15 is 0 Å². The Balaban J connectivity index is 1.83. The number of rotatable bonds is 6. The Bertz CT molecular complexity index is 481. The number of ether oxygens (including phenoxy) is 1. The van der Waals surface area contributed by atoms with Gasteiger partial charge in [-0.05, 0) is 36.3 Å². The number of para-hydroxylation sites is 1. The van der Waals surface area contributed by atoms with Gasteiger partial charge >= 0.3 is 0 Å². The molecule has 0 bridgehead atoms. The minimum Gasteiger partial charge on any atom is -0.483 e. The number of carbonyl (C=O) groups is 1. The molecule has 21 heavy (non-hydrogen) atoms. The largest absolute Gasteiger partial charge is 0.483 e. The molecule has 1 saturated carbocycles. The molecule has 0 radical (unpaired) electrons. The van der Waals surface area contributed by atoms with Gasteiger partial charge < -0.3 is 14.7 Å². The Morgan fingerprint density at radius 3 is 2.67 bits per heavy atom. The van der Waals surface area contributed by atoms with E-state index < -0.39 is 0 Å². The fourth-order valence-electron chi connectivity index (χ4n) is 2.68. The maximum Gasteiger partial charge on any atom is 0.260 e. The lowest BCUT2D eigenvalue weighted by Crippen LogP contribution is -2.41. The number of likely N-dealkylation sites (N-methyl/N-ethyl adjacent to an activating group) is 1. The smallest absolute Gasteiger partial charge is 0.260 e. The molecular formula is C17H25NO3. The van der Waals surface area contributed by atoms with Crippen LogP contribution in [0.3, 0.4) is 0 Å². The van der Waals surface area contributed by atoms with E-state index in [4.69, 9.17) is 4.74 Å². The maximum atomic E-state index is 12.1. The summed E-state index contributed by atoms with van der Waals surface area (Å²) in [5, 5.41) is 9.28. The quantitative estimate of drug-likeness (QED) is 0.875. The SMILES string of the molecule is CC(C)c1ccccc1OCC(=O)N(C)CC1CC(O)C1. The van der Waals surface area contributed by atoms with Gasteiger partial charge in [0.1, 0.15) is 5.75 Å². The molecule has 0 aliphatic heterocycles. The minimum absolute atomic E-state index is 0.0186. The van der Waals surface area contributed by atoms with Crippen molar-refractivity contribution in [2.75, 3.05) is 20.2 Å². The van der Waals surface area contributed by atoms with Gasteiger partial charge in [0.15, 0.2) is 6.61 Å². The number of hydrogen-bond donors (Lipinski definition) is 1. The monoisotopic (exact) mass is 291 g/mol. The van der Waals surface area contributed by atoms with Crippen molar-refractivity contribution in [1.82, 2.24) is 4.90 Å². The van der Waals surface area contributed by atoms with E-state index in [9.17, 15) is 9.90 Å². The molecule has 1 N–H and O–H groups in total. The molecule has 0 spiro atoms. The predicted molar refractivity (Wildman–Crippen MR) is 82.4 cm³/mol. The van der Waals surface area contributed by atoms with E-state index in [2.05, 4.69) is 13.8 Å². The fraction of sp³-hybridized carbons (Fsp3) is 0.588. The van der Waals surface area contributed by atoms with Gasteiger partial charge in [-0.25, -0.2) is 0 Å². The van der Waals surface area contributed by atoms with Gasteiger partial charge in [0.2, 0.25) is 0 Å². The number of amides is 1. The molecule has 0 saturated heterocycles. The van der Waals surface area contributed by atoms with Crippen LogP contribution in [0, 0.1) is 5.92 Å². The summed E-state index contributed by atoms with van der Waals surface area (Å²) >= 11 is 0. The number of hydrogen-bond acceptors (Lipinski definition) is 3. The Labute approximate surface area is 126 Å². The summed E-state index contributed by atoms with van der Waals surface area (Å²) in [6.45, 7) is 4.98. The van der Waals surface area contributed by atoms with Crippen LogP contribution in [0.25, 0.3) is 0 Å². The van der Waals surface area contributed by atoms with Crippen molar-refractivity contribution in [3.8, 4) is 5.75 Å². The molecule has 4 nitrogen and oxygen atoms in total. The molecular weight excluding hydrogens is 266 g/mol. The molecule has 1 aliphatic carbocycles. The highest BCUT2D eigenvalue weighted by atomic mass is 16.5. The molecule has 0 heterocycles. The van der Waals surface area contributed by atoms with Crippen molar-refractivity contribution in [2.24, 2.45) is 5.92 Å². The number of carbonyl (C=O) groups excluding carboxylic acids is 1. The Kier molecular flexibility index (Phi) is 5.23. The second kappa shape index (κ2) is 6.94. The number of nitrogens with zero attached hydrogens (tertiary/aromatic N) is 1. The first kappa shape index (κ1) is 15.8. The van der Waals surface area contributed by atoms with Crippen LogP contribution in [0.2, 0.25) is 0 Å². The maximum absolute atomic E-state index is 12.1.